The molecular weight excluding hydrogens is 354 g/mol. The Morgan fingerprint density at radius 1 is 1.00 bits per heavy atom. The van der Waals surface area contributed by atoms with E-state index in [4.69, 9.17) is 29.1 Å². The summed E-state index contributed by atoms with van der Waals surface area (Å²) in [5.41, 5.74) is 1.38. The second kappa shape index (κ2) is 17.5. The monoisotopic (exact) mass is 384 g/mol. The van der Waals surface area contributed by atoms with E-state index in [1.54, 1.807) is 0 Å². The van der Waals surface area contributed by atoms with E-state index in [0.717, 1.165) is 12.2 Å². The van der Waals surface area contributed by atoms with Gasteiger partial charge in [-0.3, -0.25) is 4.57 Å². The standard InChI is InChI=1S/C17H28O2.Na.H3O4P/c1-2-3-4-5-6-7-8-9-16-10-12-17(13-11-16)19-15-14-18;;1-5(2,3)4/h10-13,18H,2-9,14-15H2,1H3;;(H3,1,2,3,4)/q;+1;/p-1. The maximum absolute atomic E-state index is 8.77. The van der Waals surface area contributed by atoms with Gasteiger partial charge in [-0.15, -0.1) is 0 Å². The van der Waals surface area contributed by atoms with Crippen LogP contribution in [0, 0.1) is 0 Å². The van der Waals surface area contributed by atoms with Gasteiger partial charge in [-0.1, -0.05) is 57.6 Å². The van der Waals surface area contributed by atoms with Crippen molar-refractivity contribution in [2.45, 2.75) is 58.3 Å². The molecule has 0 unspecified atom stereocenters. The fourth-order valence-electron chi connectivity index (χ4n) is 2.20. The fraction of sp³-hybridized carbons (Fsp3) is 0.647. The first-order chi connectivity index (χ1) is 11.4. The zero-order chi connectivity index (χ0) is 18.3. The van der Waals surface area contributed by atoms with E-state index in [9.17, 15) is 0 Å². The average molecular weight is 384 g/mol. The van der Waals surface area contributed by atoms with E-state index < -0.39 is 7.82 Å². The minimum atomic E-state index is -4.89. The Morgan fingerprint density at radius 3 is 1.96 bits per heavy atom. The number of unbranched alkanes of at least 4 members (excludes halogenated alkanes) is 6. The van der Waals surface area contributed by atoms with Crippen LogP contribution in [0.1, 0.15) is 57.4 Å². The van der Waals surface area contributed by atoms with Crippen molar-refractivity contribution in [3.63, 3.8) is 0 Å². The summed E-state index contributed by atoms with van der Waals surface area (Å²) in [5, 5.41) is 8.68. The third-order valence-electron chi connectivity index (χ3n) is 3.35. The number of hydrogen-bond donors (Lipinski definition) is 3. The first kappa shape index (κ1) is 27.3. The summed E-state index contributed by atoms with van der Waals surface area (Å²) >= 11 is 0. The summed E-state index contributed by atoms with van der Waals surface area (Å²) in [7, 11) is -4.89. The molecule has 8 heteroatoms. The second-order valence-corrected chi connectivity index (χ2v) is 6.56. The molecule has 1 aromatic carbocycles. The molecule has 1 aromatic rings. The molecule has 0 saturated heterocycles. The number of aliphatic hydroxyl groups excluding tert-OH is 1. The molecule has 0 aliphatic heterocycles. The SMILES string of the molecule is CCCCCCCCCc1ccc(OCCO)cc1.O=P([O-])(O)O.[Na+]. The zero-order valence-corrected chi connectivity index (χ0v) is 18.3. The molecule has 25 heavy (non-hydrogen) atoms. The minimum absolute atomic E-state index is 0. The normalized spacial score (nSPS) is 10.4. The van der Waals surface area contributed by atoms with Gasteiger partial charge in [-0.05, 0) is 30.5 Å². The molecule has 1 rings (SSSR count). The molecule has 0 aliphatic carbocycles. The Hall–Kier alpha value is 0.0900. The topological polar surface area (TPSA) is 110 Å². The molecule has 0 bridgehead atoms. The van der Waals surface area contributed by atoms with Crippen LogP contribution in [0.25, 0.3) is 0 Å². The molecule has 0 atom stereocenters. The Morgan fingerprint density at radius 2 is 1.48 bits per heavy atom. The van der Waals surface area contributed by atoms with Crippen molar-refractivity contribution in [2.75, 3.05) is 13.2 Å². The Kier molecular flexibility index (Phi) is 19.1. The van der Waals surface area contributed by atoms with Gasteiger partial charge >= 0.3 is 29.6 Å². The molecule has 0 heterocycles. The molecule has 0 spiro atoms. The van der Waals surface area contributed by atoms with Crippen LogP contribution in [0.4, 0.5) is 0 Å². The summed E-state index contributed by atoms with van der Waals surface area (Å²) in [5.74, 6) is 0.845. The molecule has 0 fully saturated rings. The van der Waals surface area contributed by atoms with E-state index in [1.165, 1.54) is 50.5 Å². The third-order valence-corrected chi connectivity index (χ3v) is 3.35. The van der Waals surface area contributed by atoms with Gasteiger partial charge in [-0.2, -0.15) is 0 Å². The van der Waals surface area contributed by atoms with Crippen molar-refractivity contribution >= 4 is 7.82 Å². The summed E-state index contributed by atoms with van der Waals surface area (Å²) < 4.78 is 14.1. The molecular formula is C17H30NaO6P. The van der Waals surface area contributed by atoms with Crippen LogP contribution >= 0.6 is 7.82 Å². The zero-order valence-electron chi connectivity index (χ0n) is 15.4. The number of aliphatic hydroxyl groups is 1. The number of hydrogen-bond acceptors (Lipinski definition) is 4. The van der Waals surface area contributed by atoms with Gasteiger partial charge in [0, 0.05) is 0 Å². The number of phosphoric acid groups is 1. The first-order valence-corrected chi connectivity index (χ1v) is 9.99. The quantitative estimate of drug-likeness (QED) is 0.277. The molecule has 0 aromatic heterocycles. The summed E-state index contributed by atoms with van der Waals surface area (Å²) in [6.07, 6.45) is 10.6. The van der Waals surface area contributed by atoms with Crippen molar-refractivity contribution in [1.82, 2.24) is 0 Å². The van der Waals surface area contributed by atoms with E-state index in [1.807, 2.05) is 12.1 Å². The van der Waals surface area contributed by atoms with Crippen LogP contribution < -0.4 is 39.2 Å². The van der Waals surface area contributed by atoms with E-state index in [-0.39, 0.29) is 36.2 Å². The third kappa shape index (κ3) is 22.0. The Labute approximate surface area is 173 Å². The smallest absolute Gasteiger partial charge is 0.756 e. The van der Waals surface area contributed by atoms with Crippen LogP contribution in [-0.2, 0) is 11.0 Å². The van der Waals surface area contributed by atoms with Gasteiger partial charge in [0.2, 0.25) is 0 Å². The van der Waals surface area contributed by atoms with Gasteiger partial charge in [0.1, 0.15) is 12.4 Å². The summed E-state index contributed by atoms with van der Waals surface area (Å²) in [6, 6.07) is 8.24. The van der Waals surface area contributed by atoms with Gasteiger partial charge in [0.05, 0.1) is 6.61 Å². The average Bonchev–Trinajstić information content (AvgIpc) is 2.51. The van der Waals surface area contributed by atoms with Gasteiger partial charge in [-0.25, -0.2) is 0 Å². The summed E-state index contributed by atoms with van der Waals surface area (Å²) in [4.78, 5) is 22.9. The van der Waals surface area contributed by atoms with Crippen LogP contribution in [0.2, 0.25) is 0 Å². The van der Waals surface area contributed by atoms with Crippen molar-refractivity contribution in [1.29, 1.82) is 0 Å². The number of benzene rings is 1. The molecule has 0 amide bonds. The molecule has 0 saturated carbocycles. The van der Waals surface area contributed by atoms with Crippen molar-refractivity contribution in [3.8, 4) is 5.75 Å². The molecule has 140 valence electrons. The predicted octanol–water partition coefficient (Wildman–Crippen LogP) is -0.206. The Balaban J connectivity index is 0. The van der Waals surface area contributed by atoms with Gasteiger partial charge in [0.15, 0.2) is 0 Å². The van der Waals surface area contributed by atoms with Crippen LogP contribution in [0.5, 0.6) is 5.75 Å². The van der Waals surface area contributed by atoms with Crippen LogP contribution in [0.3, 0.4) is 0 Å². The fourth-order valence-corrected chi connectivity index (χ4v) is 2.20. The van der Waals surface area contributed by atoms with Gasteiger partial charge in [0.25, 0.3) is 7.82 Å². The summed E-state index contributed by atoms with van der Waals surface area (Å²) in [6.45, 7) is 2.70. The van der Waals surface area contributed by atoms with E-state index in [0.29, 0.717) is 6.61 Å². The maximum atomic E-state index is 8.77. The number of rotatable bonds is 11. The Bertz CT molecular complexity index is 441. The first-order valence-electron chi connectivity index (χ1n) is 8.46. The molecule has 0 radical (unpaired) electrons. The van der Waals surface area contributed by atoms with E-state index >= 15 is 0 Å². The molecule has 6 nitrogen and oxygen atoms in total. The van der Waals surface area contributed by atoms with Gasteiger partial charge < -0.3 is 24.5 Å². The second-order valence-electron chi connectivity index (χ2n) is 5.58. The van der Waals surface area contributed by atoms with Crippen molar-refractivity contribution < 1.29 is 58.6 Å². The van der Waals surface area contributed by atoms with Crippen molar-refractivity contribution in [2.24, 2.45) is 0 Å². The molecule has 0 aliphatic rings. The predicted molar refractivity (Wildman–Crippen MR) is 92.8 cm³/mol. The number of aryl methyl sites for hydroxylation is 1. The maximum Gasteiger partial charge on any atom is 1.00 e. The molecule has 3 N–H and O–H groups in total. The minimum Gasteiger partial charge on any atom is -0.756 e. The van der Waals surface area contributed by atoms with Crippen molar-refractivity contribution in [3.05, 3.63) is 29.8 Å². The number of ether oxygens (including phenoxy) is 1. The van der Waals surface area contributed by atoms with E-state index in [2.05, 4.69) is 19.1 Å². The van der Waals surface area contributed by atoms with Crippen LogP contribution in [0.15, 0.2) is 24.3 Å². The van der Waals surface area contributed by atoms with Crippen LogP contribution in [-0.4, -0.2) is 28.1 Å². The largest absolute Gasteiger partial charge is 1.00 e.